The molecule has 2 rings (SSSR count). The Hall–Kier alpha value is -1.13. The predicted molar refractivity (Wildman–Crippen MR) is 84.1 cm³/mol. The monoisotopic (exact) mass is 384 g/mol. The van der Waals surface area contributed by atoms with Gasteiger partial charge in [0, 0.05) is 13.1 Å². The number of hydrogen-bond acceptors (Lipinski definition) is 4. The van der Waals surface area contributed by atoms with Gasteiger partial charge in [-0.05, 0) is 30.7 Å². The van der Waals surface area contributed by atoms with E-state index in [0.717, 1.165) is 15.6 Å². The Morgan fingerprint density at radius 3 is 2.71 bits per heavy atom. The maximum absolute atomic E-state index is 12.8. The van der Waals surface area contributed by atoms with Crippen LogP contribution < -0.4 is 5.32 Å². The van der Waals surface area contributed by atoms with Gasteiger partial charge in [-0.3, -0.25) is 4.79 Å². The van der Waals surface area contributed by atoms with E-state index in [1.807, 2.05) is 0 Å². The number of nitrogens with zero attached hydrogens (tertiary/aromatic N) is 1. The number of halogens is 3. The van der Waals surface area contributed by atoms with E-state index in [-0.39, 0.29) is 17.1 Å². The highest BCUT2D eigenvalue weighted by Crippen LogP contribution is 2.37. The minimum Gasteiger partial charge on any atom is -0.352 e. The van der Waals surface area contributed by atoms with Gasteiger partial charge < -0.3 is 5.32 Å². The first-order valence-electron chi connectivity index (χ1n) is 7.46. The van der Waals surface area contributed by atoms with Crippen molar-refractivity contribution in [3.63, 3.8) is 0 Å². The zero-order valence-electron chi connectivity index (χ0n) is 13.0. The molecule has 0 radical (unpaired) electrons. The van der Waals surface area contributed by atoms with E-state index in [2.05, 4.69) is 5.32 Å². The van der Waals surface area contributed by atoms with Crippen LogP contribution in [0.4, 0.5) is 13.2 Å². The lowest BCUT2D eigenvalue weighted by atomic mass is 9.85. The number of carbonyl (C=O) groups excluding carboxylic acids is 1. The molecule has 5 nitrogen and oxygen atoms in total. The first-order chi connectivity index (χ1) is 11.1. The number of thiophene rings is 1. The molecule has 0 spiro atoms. The molecule has 2 atom stereocenters. The number of sulfonamides is 1. The molecule has 136 valence electrons. The number of nitrogens with one attached hydrogen (secondary N) is 1. The fourth-order valence-corrected chi connectivity index (χ4v) is 5.07. The van der Waals surface area contributed by atoms with Crippen molar-refractivity contribution in [3.8, 4) is 0 Å². The highest BCUT2D eigenvalue weighted by Gasteiger charge is 2.42. The van der Waals surface area contributed by atoms with Crippen molar-refractivity contribution in [3.05, 3.63) is 17.5 Å². The van der Waals surface area contributed by atoms with Crippen LogP contribution in [0.15, 0.2) is 21.7 Å². The predicted octanol–water partition coefficient (Wildman–Crippen LogP) is 2.61. The highest BCUT2D eigenvalue weighted by molar-refractivity contribution is 7.91. The first-order valence-corrected chi connectivity index (χ1v) is 9.78. The maximum Gasteiger partial charge on any atom is 0.391 e. The van der Waals surface area contributed by atoms with Crippen molar-refractivity contribution in [2.75, 3.05) is 13.6 Å². The summed E-state index contributed by atoms with van der Waals surface area (Å²) in [6.45, 7) is -0.423. The summed E-state index contributed by atoms with van der Waals surface area (Å²) in [6, 6.07) is 2.45. The van der Waals surface area contributed by atoms with Gasteiger partial charge in [-0.2, -0.15) is 17.5 Å². The number of likely N-dealkylation sites (N-methyl/N-ethyl adjacent to an activating group) is 1. The van der Waals surface area contributed by atoms with E-state index < -0.39 is 40.6 Å². The Bertz CT molecular complexity index is 659. The Morgan fingerprint density at radius 2 is 2.12 bits per heavy atom. The SMILES string of the molecule is CN(CC(=O)N[C@H]1CCC[C@@H](C(F)(F)F)C1)S(=O)(=O)c1cccs1. The molecular weight excluding hydrogens is 365 g/mol. The summed E-state index contributed by atoms with van der Waals surface area (Å²) in [4.78, 5) is 12.0. The van der Waals surface area contributed by atoms with Crippen molar-refractivity contribution in [1.29, 1.82) is 0 Å². The molecule has 1 heterocycles. The van der Waals surface area contributed by atoms with Crippen molar-refractivity contribution >= 4 is 27.3 Å². The van der Waals surface area contributed by atoms with Crippen LogP contribution in [-0.2, 0) is 14.8 Å². The Kier molecular flexibility index (Phi) is 5.92. The second-order valence-electron chi connectivity index (χ2n) is 5.86. The smallest absolute Gasteiger partial charge is 0.352 e. The minimum absolute atomic E-state index is 0.0720. The fourth-order valence-electron chi connectivity index (χ4n) is 2.74. The van der Waals surface area contributed by atoms with Crippen molar-refractivity contribution in [2.45, 2.75) is 42.1 Å². The van der Waals surface area contributed by atoms with Crippen molar-refractivity contribution in [2.24, 2.45) is 5.92 Å². The molecule has 1 aliphatic carbocycles. The van der Waals surface area contributed by atoms with E-state index in [0.29, 0.717) is 12.8 Å². The van der Waals surface area contributed by atoms with Crippen LogP contribution in [0.5, 0.6) is 0 Å². The minimum atomic E-state index is -4.26. The topological polar surface area (TPSA) is 66.5 Å². The van der Waals surface area contributed by atoms with E-state index >= 15 is 0 Å². The number of rotatable bonds is 5. The number of amides is 1. The normalized spacial score (nSPS) is 22.5. The molecule has 0 unspecified atom stereocenters. The number of carbonyl (C=O) groups is 1. The van der Waals surface area contributed by atoms with Gasteiger partial charge in [0.15, 0.2) is 0 Å². The van der Waals surface area contributed by atoms with Crippen LogP contribution in [0.3, 0.4) is 0 Å². The molecule has 0 saturated heterocycles. The van der Waals surface area contributed by atoms with Crippen molar-refractivity contribution in [1.82, 2.24) is 9.62 Å². The van der Waals surface area contributed by atoms with Gasteiger partial charge in [0.1, 0.15) is 4.21 Å². The summed E-state index contributed by atoms with van der Waals surface area (Å²) in [6.07, 6.45) is -3.49. The van der Waals surface area contributed by atoms with Crippen LogP contribution in [0.2, 0.25) is 0 Å². The third kappa shape index (κ3) is 4.70. The van der Waals surface area contributed by atoms with Gasteiger partial charge in [0.2, 0.25) is 5.91 Å². The largest absolute Gasteiger partial charge is 0.391 e. The lowest BCUT2D eigenvalue weighted by Gasteiger charge is -2.31. The number of alkyl halides is 3. The summed E-state index contributed by atoms with van der Waals surface area (Å²) in [5.41, 5.74) is 0. The van der Waals surface area contributed by atoms with Crippen molar-refractivity contribution < 1.29 is 26.4 Å². The average Bonchev–Trinajstić information content (AvgIpc) is 3.01. The van der Waals surface area contributed by atoms with Crippen LogP contribution in [0, 0.1) is 5.92 Å². The average molecular weight is 384 g/mol. The molecule has 1 aromatic rings. The molecule has 0 bridgehead atoms. The maximum atomic E-state index is 12.8. The standard InChI is InChI=1S/C14H19F3N2O3S2/c1-19(24(21,22)13-6-3-7-23-13)9-12(20)18-11-5-2-4-10(8-11)14(15,16)17/h3,6-7,10-11H,2,4-5,8-9H2,1H3,(H,18,20)/t10-,11+/m1/s1. The Morgan fingerprint density at radius 1 is 1.42 bits per heavy atom. The zero-order chi connectivity index (χ0) is 18.0. The van der Waals surface area contributed by atoms with Crippen LogP contribution in [0.1, 0.15) is 25.7 Å². The first kappa shape index (κ1) is 19.2. The fraction of sp³-hybridized carbons (Fsp3) is 0.643. The molecule has 24 heavy (non-hydrogen) atoms. The van der Waals surface area contributed by atoms with Gasteiger partial charge >= 0.3 is 6.18 Å². The van der Waals surface area contributed by atoms with E-state index in [9.17, 15) is 26.4 Å². The summed E-state index contributed by atoms with van der Waals surface area (Å²) in [5.74, 6) is -2.01. The Labute approximate surface area is 142 Å². The van der Waals surface area contributed by atoms with Gasteiger partial charge in [-0.25, -0.2) is 8.42 Å². The molecule has 10 heteroatoms. The highest BCUT2D eigenvalue weighted by atomic mass is 32.2. The van der Waals surface area contributed by atoms with Gasteiger partial charge in [0.25, 0.3) is 10.0 Å². The van der Waals surface area contributed by atoms with E-state index in [4.69, 9.17) is 0 Å². The number of hydrogen-bond donors (Lipinski definition) is 1. The Balaban J connectivity index is 1.91. The van der Waals surface area contributed by atoms with Crippen LogP contribution in [-0.4, -0.2) is 44.4 Å². The summed E-state index contributed by atoms with van der Waals surface area (Å²) in [7, 11) is -2.48. The van der Waals surface area contributed by atoms with Crippen LogP contribution in [0.25, 0.3) is 0 Å². The summed E-state index contributed by atoms with van der Waals surface area (Å²) < 4.78 is 63.8. The molecule has 1 aliphatic rings. The summed E-state index contributed by atoms with van der Waals surface area (Å²) >= 11 is 1.04. The van der Waals surface area contributed by atoms with Gasteiger partial charge in [-0.15, -0.1) is 11.3 Å². The van der Waals surface area contributed by atoms with Crippen LogP contribution >= 0.6 is 11.3 Å². The molecular formula is C14H19F3N2O3S2. The molecule has 1 N–H and O–H groups in total. The third-order valence-electron chi connectivity index (χ3n) is 4.03. The van der Waals surface area contributed by atoms with E-state index in [1.54, 1.807) is 11.4 Å². The zero-order valence-corrected chi connectivity index (χ0v) is 14.7. The molecule has 1 aromatic heterocycles. The molecule has 0 aromatic carbocycles. The quantitative estimate of drug-likeness (QED) is 0.849. The molecule has 1 saturated carbocycles. The second-order valence-corrected chi connectivity index (χ2v) is 9.08. The van der Waals surface area contributed by atoms with Gasteiger partial charge in [-0.1, -0.05) is 12.5 Å². The lowest BCUT2D eigenvalue weighted by Crippen LogP contribution is -2.45. The molecule has 1 fully saturated rings. The molecule has 1 amide bonds. The molecule has 0 aliphatic heterocycles. The van der Waals surface area contributed by atoms with E-state index in [1.165, 1.54) is 13.1 Å². The lowest BCUT2D eigenvalue weighted by molar-refractivity contribution is -0.184. The summed E-state index contributed by atoms with van der Waals surface area (Å²) in [5, 5.41) is 4.14. The third-order valence-corrected chi connectivity index (χ3v) is 7.20. The van der Waals surface area contributed by atoms with Gasteiger partial charge in [0.05, 0.1) is 12.5 Å². The second kappa shape index (κ2) is 7.40.